The zero-order valence-electron chi connectivity index (χ0n) is 17.0. The van der Waals surface area contributed by atoms with Gasteiger partial charge >= 0.3 is 0 Å². The number of ether oxygens (including phenoxy) is 1. The SMILES string of the molecule is COc1ccc(-c2ccc(N3CCN(C(=O)c4ccc([N+](=O)[O-])cc4)CC3)nn2)cc1. The third-order valence-electron chi connectivity index (χ3n) is 5.25. The Morgan fingerprint density at radius 3 is 2.16 bits per heavy atom. The highest BCUT2D eigenvalue weighted by atomic mass is 16.6. The molecule has 2 aromatic carbocycles. The van der Waals surface area contributed by atoms with Gasteiger partial charge in [0.15, 0.2) is 5.82 Å². The highest BCUT2D eigenvalue weighted by molar-refractivity contribution is 5.94. The largest absolute Gasteiger partial charge is 0.497 e. The molecule has 9 nitrogen and oxygen atoms in total. The van der Waals surface area contributed by atoms with Gasteiger partial charge in [0.2, 0.25) is 0 Å². The van der Waals surface area contributed by atoms with E-state index in [4.69, 9.17) is 4.74 Å². The van der Waals surface area contributed by atoms with Crippen LogP contribution in [-0.4, -0.2) is 59.2 Å². The number of hydrogen-bond acceptors (Lipinski definition) is 7. The van der Waals surface area contributed by atoms with E-state index in [0.29, 0.717) is 31.7 Å². The molecule has 1 fully saturated rings. The lowest BCUT2D eigenvalue weighted by molar-refractivity contribution is -0.384. The van der Waals surface area contributed by atoms with Gasteiger partial charge in [-0.05, 0) is 48.5 Å². The smallest absolute Gasteiger partial charge is 0.269 e. The average molecular weight is 419 g/mol. The quantitative estimate of drug-likeness (QED) is 0.463. The summed E-state index contributed by atoms with van der Waals surface area (Å²) in [5.41, 5.74) is 2.15. The Bertz CT molecular complexity index is 1060. The number of nitro benzene ring substituents is 1. The summed E-state index contributed by atoms with van der Waals surface area (Å²) in [5, 5.41) is 19.5. The molecule has 1 aliphatic rings. The number of benzene rings is 2. The first-order chi connectivity index (χ1) is 15.0. The van der Waals surface area contributed by atoms with Crippen LogP contribution in [-0.2, 0) is 0 Å². The van der Waals surface area contributed by atoms with Crippen LogP contribution in [0, 0.1) is 10.1 Å². The Kier molecular flexibility index (Phi) is 5.74. The molecule has 0 aliphatic carbocycles. The lowest BCUT2D eigenvalue weighted by Gasteiger charge is -2.35. The number of hydrogen-bond donors (Lipinski definition) is 0. The van der Waals surface area contributed by atoms with Crippen molar-refractivity contribution < 1.29 is 14.5 Å². The van der Waals surface area contributed by atoms with Gasteiger partial charge in [-0.2, -0.15) is 0 Å². The zero-order chi connectivity index (χ0) is 21.8. The van der Waals surface area contributed by atoms with E-state index in [0.717, 1.165) is 22.8 Å². The number of nitro groups is 1. The van der Waals surface area contributed by atoms with Crippen LogP contribution in [0.1, 0.15) is 10.4 Å². The maximum atomic E-state index is 12.7. The molecule has 1 aromatic heterocycles. The molecular weight excluding hydrogens is 398 g/mol. The molecule has 0 N–H and O–H groups in total. The van der Waals surface area contributed by atoms with E-state index >= 15 is 0 Å². The first kappa shape index (κ1) is 20.3. The first-order valence-electron chi connectivity index (χ1n) is 9.82. The fourth-order valence-electron chi connectivity index (χ4n) is 3.46. The molecular formula is C22H21N5O4. The van der Waals surface area contributed by atoms with Crippen LogP contribution in [0.3, 0.4) is 0 Å². The van der Waals surface area contributed by atoms with Crippen LogP contribution in [0.2, 0.25) is 0 Å². The fourth-order valence-corrected chi connectivity index (χ4v) is 3.46. The van der Waals surface area contributed by atoms with Gasteiger partial charge in [0.1, 0.15) is 5.75 Å². The fraction of sp³-hybridized carbons (Fsp3) is 0.227. The molecule has 0 atom stereocenters. The van der Waals surface area contributed by atoms with Crippen LogP contribution < -0.4 is 9.64 Å². The van der Waals surface area contributed by atoms with Crippen LogP contribution in [0.25, 0.3) is 11.3 Å². The minimum absolute atomic E-state index is 0.0296. The minimum atomic E-state index is -0.478. The molecule has 0 spiro atoms. The maximum Gasteiger partial charge on any atom is 0.269 e. The van der Waals surface area contributed by atoms with Crippen molar-refractivity contribution in [3.63, 3.8) is 0 Å². The Hall–Kier alpha value is -4.01. The average Bonchev–Trinajstić information content (AvgIpc) is 2.84. The lowest BCUT2D eigenvalue weighted by atomic mass is 10.1. The van der Waals surface area contributed by atoms with Crippen molar-refractivity contribution in [1.82, 2.24) is 15.1 Å². The Balaban J connectivity index is 1.36. The van der Waals surface area contributed by atoms with Crippen LogP contribution in [0.15, 0.2) is 60.7 Å². The Morgan fingerprint density at radius 2 is 1.61 bits per heavy atom. The molecule has 0 radical (unpaired) electrons. The summed E-state index contributed by atoms with van der Waals surface area (Å²) in [7, 11) is 1.63. The van der Waals surface area contributed by atoms with Gasteiger partial charge < -0.3 is 14.5 Å². The van der Waals surface area contributed by atoms with Crippen molar-refractivity contribution in [2.75, 3.05) is 38.2 Å². The summed E-state index contributed by atoms with van der Waals surface area (Å²) >= 11 is 0. The van der Waals surface area contributed by atoms with Crippen LogP contribution in [0.5, 0.6) is 5.75 Å². The molecule has 1 amide bonds. The van der Waals surface area contributed by atoms with E-state index in [1.807, 2.05) is 36.4 Å². The second kappa shape index (κ2) is 8.78. The molecule has 158 valence electrons. The molecule has 2 heterocycles. The van der Waals surface area contributed by atoms with Gasteiger partial charge in [-0.25, -0.2) is 0 Å². The molecule has 0 bridgehead atoms. The van der Waals surface area contributed by atoms with Gasteiger partial charge in [-0.1, -0.05) is 0 Å². The number of carbonyl (C=O) groups excluding carboxylic acids is 1. The predicted octanol–water partition coefficient (Wildman–Crippen LogP) is 3.02. The summed E-state index contributed by atoms with van der Waals surface area (Å²) in [6, 6.07) is 17.2. The number of rotatable bonds is 5. The molecule has 0 unspecified atom stereocenters. The van der Waals surface area contributed by atoms with Gasteiger partial charge in [-0.15, -0.1) is 10.2 Å². The number of non-ortho nitro benzene ring substituents is 1. The normalized spacial score (nSPS) is 13.7. The van der Waals surface area contributed by atoms with Gasteiger partial charge in [0, 0.05) is 49.4 Å². The van der Waals surface area contributed by atoms with Crippen LogP contribution in [0.4, 0.5) is 11.5 Å². The number of carbonyl (C=O) groups is 1. The van der Waals surface area contributed by atoms with E-state index in [9.17, 15) is 14.9 Å². The predicted molar refractivity (Wildman–Crippen MR) is 115 cm³/mol. The number of anilines is 1. The lowest BCUT2D eigenvalue weighted by Crippen LogP contribution is -2.49. The van der Waals surface area contributed by atoms with E-state index in [-0.39, 0.29) is 11.6 Å². The Labute approximate surface area is 179 Å². The van der Waals surface area contributed by atoms with Gasteiger partial charge in [0.25, 0.3) is 11.6 Å². The first-order valence-corrected chi connectivity index (χ1v) is 9.82. The van der Waals surface area contributed by atoms with E-state index in [1.165, 1.54) is 24.3 Å². The highest BCUT2D eigenvalue weighted by Gasteiger charge is 2.23. The van der Waals surface area contributed by atoms with E-state index in [2.05, 4.69) is 15.1 Å². The molecule has 31 heavy (non-hydrogen) atoms. The van der Waals surface area contributed by atoms with Gasteiger partial charge in [0.05, 0.1) is 17.7 Å². The number of amides is 1. The number of aromatic nitrogens is 2. The third kappa shape index (κ3) is 4.45. The van der Waals surface area contributed by atoms with Crippen molar-refractivity contribution in [1.29, 1.82) is 0 Å². The standard InChI is InChI=1S/C22H21N5O4/c1-31-19-8-4-16(5-9-19)20-10-11-21(24-23-20)25-12-14-26(15-13-25)22(28)17-2-6-18(7-3-17)27(29)30/h2-11H,12-15H2,1H3. The molecule has 0 saturated carbocycles. The van der Waals surface area contributed by atoms with Crippen molar-refractivity contribution in [3.8, 4) is 17.0 Å². The topological polar surface area (TPSA) is 102 Å². The van der Waals surface area contributed by atoms with Crippen molar-refractivity contribution in [2.45, 2.75) is 0 Å². The summed E-state index contributed by atoms with van der Waals surface area (Å²) in [5.74, 6) is 1.42. The summed E-state index contributed by atoms with van der Waals surface area (Å²) in [4.78, 5) is 26.8. The Morgan fingerprint density at radius 1 is 0.935 bits per heavy atom. The number of piperazine rings is 1. The van der Waals surface area contributed by atoms with Crippen molar-refractivity contribution in [3.05, 3.63) is 76.3 Å². The number of nitrogens with zero attached hydrogens (tertiary/aromatic N) is 5. The summed E-state index contributed by atoms with van der Waals surface area (Å²) in [6.07, 6.45) is 0. The van der Waals surface area contributed by atoms with E-state index in [1.54, 1.807) is 12.0 Å². The molecule has 1 saturated heterocycles. The minimum Gasteiger partial charge on any atom is -0.497 e. The summed E-state index contributed by atoms with van der Waals surface area (Å²) in [6.45, 7) is 2.35. The maximum absolute atomic E-state index is 12.7. The second-order valence-electron chi connectivity index (χ2n) is 7.09. The van der Waals surface area contributed by atoms with Crippen molar-refractivity contribution in [2.24, 2.45) is 0 Å². The highest BCUT2D eigenvalue weighted by Crippen LogP contribution is 2.22. The molecule has 9 heteroatoms. The molecule has 4 rings (SSSR count). The zero-order valence-corrected chi connectivity index (χ0v) is 17.0. The van der Waals surface area contributed by atoms with Gasteiger partial charge in [-0.3, -0.25) is 14.9 Å². The summed E-state index contributed by atoms with van der Waals surface area (Å²) < 4.78 is 5.17. The second-order valence-corrected chi connectivity index (χ2v) is 7.09. The monoisotopic (exact) mass is 419 g/mol. The van der Waals surface area contributed by atoms with E-state index < -0.39 is 4.92 Å². The van der Waals surface area contributed by atoms with Crippen LogP contribution >= 0.6 is 0 Å². The number of methoxy groups -OCH3 is 1. The third-order valence-corrected chi connectivity index (χ3v) is 5.25. The van der Waals surface area contributed by atoms with Crippen molar-refractivity contribution >= 4 is 17.4 Å². The molecule has 3 aromatic rings. The molecule has 1 aliphatic heterocycles.